The number of rotatable bonds is 3. The number of nitrogens with one attached hydrogen (secondary N) is 2. The maximum Gasteiger partial charge on any atom is 0.223 e. The lowest BCUT2D eigenvalue weighted by Crippen LogP contribution is -2.53. The van der Waals surface area contributed by atoms with Crippen LogP contribution in [0.2, 0.25) is 0 Å². The summed E-state index contributed by atoms with van der Waals surface area (Å²) in [4.78, 5) is 12.4. The molecule has 2 rings (SSSR count). The molecule has 0 aromatic carbocycles. The Morgan fingerprint density at radius 1 is 1.10 bits per heavy atom. The smallest absolute Gasteiger partial charge is 0.223 e. The van der Waals surface area contributed by atoms with Crippen molar-refractivity contribution in [3.63, 3.8) is 0 Å². The van der Waals surface area contributed by atoms with E-state index < -0.39 is 0 Å². The quantitative estimate of drug-likeness (QED) is 0.833. The van der Waals surface area contributed by atoms with E-state index in [0.29, 0.717) is 17.4 Å². The highest BCUT2D eigenvalue weighted by Crippen LogP contribution is 2.29. The van der Waals surface area contributed by atoms with Gasteiger partial charge >= 0.3 is 0 Å². The fourth-order valence-electron chi connectivity index (χ4n) is 3.68. The Kier molecular flexibility index (Phi) is 5.88. The second-order valence-electron chi connectivity index (χ2n) is 7.39. The van der Waals surface area contributed by atoms with Gasteiger partial charge in [-0.05, 0) is 37.6 Å². The fourth-order valence-corrected chi connectivity index (χ4v) is 3.68. The van der Waals surface area contributed by atoms with Crippen LogP contribution in [0.4, 0.5) is 0 Å². The summed E-state index contributed by atoms with van der Waals surface area (Å²) in [6, 6.07) is 0.425. The number of piperidine rings is 1. The molecule has 0 aromatic rings. The Morgan fingerprint density at radius 2 is 1.75 bits per heavy atom. The number of carbonyl (C=O) groups is 1. The van der Waals surface area contributed by atoms with Crippen LogP contribution in [-0.4, -0.2) is 25.0 Å². The number of amides is 1. The number of hydrogen-bond acceptors (Lipinski definition) is 2. The second kappa shape index (κ2) is 7.44. The van der Waals surface area contributed by atoms with Gasteiger partial charge in [0.05, 0.1) is 0 Å². The van der Waals surface area contributed by atoms with Crippen molar-refractivity contribution in [1.82, 2.24) is 10.6 Å². The van der Waals surface area contributed by atoms with Gasteiger partial charge in [0.25, 0.3) is 0 Å². The van der Waals surface area contributed by atoms with Crippen molar-refractivity contribution in [2.24, 2.45) is 11.3 Å². The second-order valence-corrected chi connectivity index (χ2v) is 7.39. The first-order chi connectivity index (χ1) is 9.59. The van der Waals surface area contributed by atoms with Crippen molar-refractivity contribution >= 4 is 5.91 Å². The predicted molar refractivity (Wildman–Crippen MR) is 83.6 cm³/mol. The van der Waals surface area contributed by atoms with Crippen molar-refractivity contribution in [1.29, 1.82) is 0 Å². The van der Waals surface area contributed by atoms with Gasteiger partial charge in [0.2, 0.25) is 5.91 Å². The van der Waals surface area contributed by atoms with Crippen molar-refractivity contribution in [3.05, 3.63) is 0 Å². The Morgan fingerprint density at radius 3 is 2.40 bits per heavy atom. The molecule has 0 bridgehead atoms. The minimum absolute atomic E-state index is 0.266. The molecule has 20 heavy (non-hydrogen) atoms. The van der Waals surface area contributed by atoms with Gasteiger partial charge in [0, 0.05) is 18.5 Å². The van der Waals surface area contributed by atoms with E-state index in [1.807, 2.05) is 0 Å². The standard InChI is InChI=1S/C17H32N2O/c1-17(2)11-8-12-18-15(17)13-19-16(20)14-9-6-4-3-5-7-10-14/h14-15,18H,3-13H2,1-2H3,(H,19,20). The SMILES string of the molecule is CC1(C)CCCNC1CNC(=O)C1CCCCCCC1. The molecule has 0 radical (unpaired) electrons. The van der Waals surface area contributed by atoms with E-state index in [1.165, 1.54) is 44.9 Å². The van der Waals surface area contributed by atoms with Gasteiger partial charge in [-0.25, -0.2) is 0 Å². The summed E-state index contributed by atoms with van der Waals surface area (Å²) in [5.74, 6) is 0.567. The minimum Gasteiger partial charge on any atom is -0.354 e. The molecule has 3 nitrogen and oxygen atoms in total. The highest BCUT2D eigenvalue weighted by atomic mass is 16.1. The first kappa shape index (κ1) is 15.8. The Hall–Kier alpha value is -0.570. The van der Waals surface area contributed by atoms with Gasteiger partial charge < -0.3 is 10.6 Å². The molecule has 1 saturated heterocycles. The fraction of sp³-hybridized carbons (Fsp3) is 0.941. The number of carbonyl (C=O) groups excluding carboxylic acids is 1. The average molecular weight is 280 g/mol. The highest BCUT2D eigenvalue weighted by molar-refractivity contribution is 5.78. The van der Waals surface area contributed by atoms with Gasteiger partial charge in [-0.15, -0.1) is 0 Å². The summed E-state index contributed by atoms with van der Waals surface area (Å²) in [6.45, 7) is 6.51. The van der Waals surface area contributed by atoms with Crippen LogP contribution in [0.15, 0.2) is 0 Å². The van der Waals surface area contributed by atoms with Crippen molar-refractivity contribution in [3.8, 4) is 0 Å². The molecular formula is C17H32N2O. The third-order valence-electron chi connectivity index (χ3n) is 5.29. The van der Waals surface area contributed by atoms with E-state index in [2.05, 4.69) is 24.5 Å². The van der Waals surface area contributed by atoms with Crippen molar-refractivity contribution in [2.45, 2.75) is 77.7 Å². The lowest BCUT2D eigenvalue weighted by Gasteiger charge is -2.39. The van der Waals surface area contributed by atoms with Crippen LogP contribution in [0, 0.1) is 11.3 Å². The minimum atomic E-state index is 0.266. The van der Waals surface area contributed by atoms with E-state index in [1.54, 1.807) is 0 Å². The Bertz CT molecular complexity index is 306. The van der Waals surface area contributed by atoms with E-state index >= 15 is 0 Å². The van der Waals surface area contributed by atoms with Gasteiger partial charge in [0.15, 0.2) is 0 Å². The molecule has 0 aromatic heterocycles. The van der Waals surface area contributed by atoms with Crippen LogP contribution in [0.3, 0.4) is 0 Å². The van der Waals surface area contributed by atoms with Crippen molar-refractivity contribution in [2.75, 3.05) is 13.1 Å². The van der Waals surface area contributed by atoms with Crippen LogP contribution in [0.5, 0.6) is 0 Å². The van der Waals surface area contributed by atoms with E-state index in [9.17, 15) is 4.79 Å². The Balaban J connectivity index is 1.78. The van der Waals surface area contributed by atoms with Gasteiger partial charge in [-0.3, -0.25) is 4.79 Å². The summed E-state index contributed by atoms with van der Waals surface area (Å²) < 4.78 is 0. The summed E-state index contributed by atoms with van der Waals surface area (Å²) in [5, 5.41) is 6.80. The largest absolute Gasteiger partial charge is 0.354 e. The maximum absolute atomic E-state index is 12.4. The molecule has 116 valence electrons. The van der Waals surface area contributed by atoms with E-state index in [4.69, 9.17) is 0 Å². The normalized spacial score (nSPS) is 28.4. The van der Waals surface area contributed by atoms with Gasteiger partial charge in [-0.2, -0.15) is 0 Å². The maximum atomic E-state index is 12.4. The summed E-state index contributed by atoms with van der Waals surface area (Å²) >= 11 is 0. The zero-order chi connectivity index (χ0) is 14.4. The zero-order valence-corrected chi connectivity index (χ0v) is 13.3. The molecule has 1 aliphatic carbocycles. The molecule has 1 saturated carbocycles. The van der Waals surface area contributed by atoms with Crippen molar-refractivity contribution < 1.29 is 4.79 Å². The topological polar surface area (TPSA) is 41.1 Å². The molecule has 1 aliphatic heterocycles. The average Bonchev–Trinajstić information content (AvgIpc) is 2.36. The third kappa shape index (κ3) is 4.47. The molecule has 2 fully saturated rings. The molecule has 0 spiro atoms. The third-order valence-corrected chi connectivity index (χ3v) is 5.29. The van der Waals surface area contributed by atoms with E-state index in [-0.39, 0.29) is 5.92 Å². The lowest BCUT2D eigenvalue weighted by molar-refractivity contribution is -0.125. The van der Waals surface area contributed by atoms with Gasteiger partial charge in [0.1, 0.15) is 0 Å². The molecule has 2 N–H and O–H groups in total. The van der Waals surface area contributed by atoms with Crippen LogP contribution >= 0.6 is 0 Å². The van der Waals surface area contributed by atoms with Gasteiger partial charge in [-0.1, -0.05) is 46.0 Å². The summed E-state index contributed by atoms with van der Waals surface area (Å²) in [6.07, 6.45) is 11.1. The molecule has 1 heterocycles. The van der Waals surface area contributed by atoms with Crippen LogP contribution in [0.25, 0.3) is 0 Å². The molecule has 3 heteroatoms. The highest BCUT2D eigenvalue weighted by Gasteiger charge is 2.32. The van der Waals surface area contributed by atoms with E-state index in [0.717, 1.165) is 25.9 Å². The first-order valence-corrected chi connectivity index (χ1v) is 8.61. The summed E-state index contributed by atoms with van der Waals surface area (Å²) in [5.41, 5.74) is 0.298. The molecular weight excluding hydrogens is 248 g/mol. The lowest BCUT2D eigenvalue weighted by atomic mass is 9.77. The summed E-state index contributed by atoms with van der Waals surface area (Å²) in [7, 11) is 0. The number of hydrogen-bond donors (Lipinski definition) is 2. The zero-order valence-electron chi connectivity index (χ0n) is 13.3. The predicted octanol–water partition coefficient (Wildman–Crippen LogP) is 3.24. The van der Waals surface area contributed by atoms with Crippen LogP contribution in [-0.2, 0) is 4.79 Å². The van der Waals surface area contributed by atoms with Crippen LogP contribution in [0.1, 0.15) is 71.6 Å². The van der Waals surface area contributed by atoms with Crippen LogP contribution < -0.4 is 10.6 Å². The monoisotopic (exact) mass is 280 g/mol. The molecule has 2 aliphatic rings. The first-order valence-electron chi connectivity index (χ1n) is 8.61. The molecule has 1 amide bonds. The molecule has 1 unspecified atom stereocenters. The Labute approximate surface area is 124 Å². The molecule has 1 atom stereocenters.